The highest BCUT2D eigenvalue weighted by atomic mass is 35.5. The van der Waals surface area contributed by atoms with E-state index in [2.05, 4.69) is 4.98 Å². The first-order valence-electron chi connectivity index (χ1n) is 6.01. The lowest BCUT2D eigenvalue weighted by Crippen LogP contribution is -2.26. The van der Waals surface area contributed by atoms with Gasteiger partial charge in [-0.3, -0.25) is 4.98 Å². The van der Waals surface area contributed by atoms with Crippen LogP contribution in [0.4, 0.5) is 0 Å². The normalized spacial score (nSPS) is 12.0. The van der Waals surface area contributed by atoms with Gasteiger partial charge in [0.15, 0.2) is 0 Å². The monoisotopic (exact) mass is 313 g/mol. The number of alkyl halides is 1. The SMILES string of the molecule is CN(Cc1cccnc1)S(=O)(=O)c1cc(CCl)n(C)c1. The van der Waals surface area contributed by atoms with E-state index in [1.54, 1.807) is 49.4 Å². The number of pyridine rings is 1. The Balaban J connectivity index is 2.25. The van der Waals surface area contributed by atoms with Crippen molar-refractivity contribution < 1.29 is 8.42 Å². The van der Waals surface area contributed by atoms with Crippen molar-refractivity contribution >= 4 is 21.6 Å². The first kappa shape index (κ1) is 15.0. The fraction of sp³-hybridized carbons (Fsp3) is 0.308. The molecule has 20 heavy (non-hydrogen) atoms. The summed E-state index contributed by atoms with van der Waals surface area (Å²) >= 11 is 5.77. The van der Waals surface area contributed by atoms with Crippen molar-refractivity contribution in [1.29, 1.82) is 0 Å². The van der Waals surface area contributed by atoms with Crippen LogP contribution in [0.1, 0.15) is 11.3 Å². The molecule has 0 spiro atoms. The second-order valence-electron chi connectivity index (χ2n) is 4.53. The van der Waals surface area contributed by atoms with Crippen molar-refractivity contribution in [2.45, 2.75) is 17.3 Å². The molecule has 5 nitrogen and oxygen atoms in total. The molecule has 2 rings (SSSR count). The van der Waals surface area contributed by atoms with E-state index in [-0.39, 0.29) is 17.3 Å². The van der Waals surface area contributed by atoms with E-state index >= 15 is 0 Å². The van der Waals surface area contributed by atoms with Crippen molar-refractivity contribution in [3.05, 3.63) is 48.0 Å². The fourth-order valence-electron chi connectivity index (χ4n) is 1.86. The number of rotatable bonds is 5. The van der Waals surface area contributed by atoms with Gasteiger partial charge in [0.1, 0.15) is 4.90 Å². The number of aromatic nitrogens is 2. The first-order valence-corrected chi connectivity index (χ1v) is 7.99. The molecule has 0 aromatic carbocycles. The van der Waals surface area contributed by atoms with E-state index < -0.39 is 10.0 Å². The maximum Gasteiger partial charge on any atom is 0.244 e. The van der Waals surface area contributed by atoms with E-state index in [9.17, 15) is 8.42 Å². The van der Waals surface area contributed by atoms with E-state index in [4.69, 9.17) is 11.6 Å². The number of hydrogen-bond donors (Lipinski definition) is 0. The second-order valence-corrected chi connectivity index (χ2v) is 6.85. The number of sulfonamides is 1. The summed E-state index contributed by atoms with van der Waals surface area (Å²) in [4.78, 5) is 4.23. The highest BCUT2D eigenvalue weighted by Gasteiger charge is 2.23. The zero-order valence-electron chi connectivity index (χ0n) is 11.3. The minimum atomic E-state index is -3.52. The molecule has 0 aliphatic rings. The fourth-order valence-corrected chi connectivity index (χ4v) is 3.39. The highest BCUT2D eigenvalue weighted by Crippen LogP contribution is 2.20. The molecule has 0 bridgehead atoms. The topological polar surface area (TPSA) is 55.2 Å². The van der Waals surface area contributed by atoms with Crippen LogP contribution >= 0.6 is 11.6 Å². The van der Waals surface area contributed by atoms with Crippen LogP contribution in [0.5, 0.6) is 0 Å². The van der Waals surface area contributed by atoms with Crippen LogP contribution in [-0.4, -0.2) is 29.3 Å². The first-order chi connectivity index (χ1) is 9.45. The summed E-state index contributed by atoms with van der Waals surface area (Å²) in [5.41, 5.74) is 1.60. The lowest BCUT2D eigenvalue weighted by atomic mass is 10.3. The van der Waals surface area contributed by atoms with Gasteiger partial charge in [0, 0.05) is 44.9 Å². The van der Waals surface area contributed by atoms with Crippen LogP contribution in [0.2, 0.25) is 0 Å². The van der Waals surface area contributed by atoms with E-state index in [0.29, 0.717) is 0 Å². The van der Waals surface area contributed by atoms with E-state index in [1.165, 1.54) is 4.31 Å². The van der Waals surface area contributed by atoms with Gasteiger partial charge in [-0.1, -0.05) is 6.07 Å². The zero-order valence-corrected chi connectivity index (χ0v) is 12.9. The van der Waals surface area contributed by atoms with Gasteiger partial charge in [0.05, 0.1) is 5.88 Å². The molecule has 0 amide bonds. The molecule has 2 aromatic heterocycles. The van der Waals surface area contributed by atoms with Crippen LogP contribution in [0.25, 0.3) is 0 Å². The lowest BCUT2D eigenvalue weighted by Gasteiger charge is -2.16. The molecule has 7 heteroatoms. The van der Waals surface area contributed by atoms with Crippen LogP contribution in [0, 0.1) is 0 Å². The number of halogens is 1. The Morgan fingerprint density at radius 3 is 2.75 bits per heavy atom. The van der Waals surface area contributed by atoms with Crippen LogP contribution < -0.4 is 0 Å². The second kappa shape index (κ2) is 5.95. The van der Waals surface area contributed by atoms with Crippen LogP contribution in [0.15, 0.2) is 41.7 Å². The van der Waals surface area contributed by atoms with Gasteiger partial charge in [-0.25, -0.2) is 8.42 Å². The Morgan fingerprint density at radius 2 is 2.20 bits per heavy atom. The molecular formula is C13H16ClN3O2S. The van der Waals surface area contributed by atoms with Gasteiger partial charge in [-0.05, 0) is 17.7 Å². The van der Waals surface area contributed by atoms with Gasteiger partial charge >= 0.3 is 0 Å². The molecule has 0 aliphatic carbocycles. The summed E-state index contributed by atoms with van der Waals surface area (Å²) in [6.07, 6.45) is 4.88. The van der Waals surface area contributed by atoms with Crippen LogP contribution in [0.3, 0.4) is 0 Å². The third kappa shape index (κ3) is 3.03. The molecule has 0 atom stereocenters. The van der Waals surface area contributed by atoms with Crippen molar-refractivity contribution in [3.8, 4) is 0 Å². The molecule has 0 saturated heterocycles. The van der Waals surface area contributed by atoms with Crippen molar-refractivity contribution in [2.75, 3.05) is 7.05 Å². The summed E-state index contributed by atoms with van der Waals surface area (Å²) in [7, 11) is -0.196. The highest BCUT2D eigenvalue weighted by molar-refractivity contribution is 7.89. The molecule has 0 N–H and O–H groups in total. The van der Waals surface area contributed by atoms with Crippen molar-refractivity contribution in [3.63, 3.8) is 0 Å². The Morgan fingerprint density at radius 1 is 1.45 bits per heavy atom. The van der Waals surface area contributed by atoms with Crippen molar-refractivity contribution in [1.82, 2.24) is 13.9 Å². The molecule has 108 valence electrons. The summed E-state index contributed by atoms with van der Waals surface area (Å²) in [6.45, 7) is 0.279. The van der Waals surface area contributed by atoms with Gasteiger partial charge < -0.3 is 4.57 Å². The summed E-state index contributed by atoms with van der Waals surface area (Å²) in [5.74, 6) is 0.276. The van der Waals surface area contributed by atoms with Crippen LogP contribution in [-0.2, 0) is 29.5 Å². The van der Waals surface area contributed by atoms with Gasteiger partial charge in [-0.2, -0.15) is 4.31 Å². The van der Waals surface area contributed by atoms with Gasteiger partial charge in [0.2, 0.25) is 10.0 Å². The number of nitrogens with zero attached hydrogens (tertiary/aromatic N) is 3. The average molecular weight is 314 g/mol. The van der Waals surface area contributed by atoms with Crippen molar-refractivity contribution in [2.24, 2.45) is 7.05 Å². The Labute approximate surface area is 123 Å². The smallest absolute Gasteiger partial charge is 0.244 e. The molecule has 0 radical (unpaired) electrons. The predicted molar refractivity (Wildman–Crippen MR) is 77.9 cm³/mol. The standard InChI is InChI=1S/C13H16ClN3O2S/c1-16-10-13(6-12(16)7-14)20(18,19)17(2)9-11-4-3-5-15-8-11/h3-6,8,10H,7,9H2,1-2H3. The lowest BCUT2D eigenvalue weighted by molar-refractivity contribution is 0.466. The minimum Gasteiger partial charge on any atom is -0.352 e. The summed E-state index contributed by atoms with van der Waals surface area (Å²) in [5, 5.41) is 0. The number of aryl methyl sites for hydroxylation is 1. The summed E-state index contributed by atoms with van der Waals surface area (Å²) in [6, 6.07) is 5.22. The zero-order chi connectivity index (χ0) is 14.8. The quantitative estimate of drug-likeness (QED) is 0.793. The number of hydrogen-bond acceptors (Lipinski definition) is 3. The maximum atomic E-state index is 12.5. The predicted octanol–water partition coefficient (Wildman–Crippen LogP) is 1.98. The van der Waals surface area contributed by atoms with Gasteiger partial charge in [0.25, 0.3) is 0 Å². The Hall–Kier alpha value is -1.37. The average Bonchev–Trinajstić information content (AvgIpc) is 2.81. The molecule has 0 fully saturated rings. The Bertz CT molecular complexity index is 683. The summed E-state index contributed by atoms with van der Waals surface area (Å²) < 4.78 is 28.0. The third-order valence-corrected chi connectivity index (χ3v) is 5.10. The molecule has 0 aliphatic heterocycles. The van der Waals surface area contributed by atoms with Gasteiger partial charge in [-0.15, -0.1) is 11.6 Å². The minimum absolute atomic E-state index is 0.252. The largest absolute Gasteiger partial charge is 0.352 e. The molecular weight excluding hydrogens is 298 g/mol. The maximum absolute atomic E-state index is 12.5. The molecule has 2 heterocycles. The molecule has 0 unspecified atom stereocenters. The van der Waals surface area contributed by atoms with E-state index in [1.807, 2.05) is 6.07 Å². The molecule has 2 aromatic rings. The van der Waals surface area contributed by atoms with E-state index in [0.717, 1.165) is 11.3 Å². The Kier molecular flexibility index (Phi) is 4.47. The molecule has 0 saturated carbocycles. The third-order valence-electron chi connectivity index (χ3n) is 3.06.